The molecule has 2 heteroatoms. The molecule has 2 fully saturated rings. The second kappa shape index (κ2) is 3.90. The molecule has 0 aromatic carbocycles. The molecule has 0 unspecified atom stereocenters. The van der Waals surface area contributed by atoms with Crippen molar-refractivity contribution >= 4 is 0 Å². The van der Waals surface area contributed by atoms with Crippen LogP contribution in [0.25, 0.3) is 0 Å². The van der Waals surface area contributed by atoms with Crippen LogP contribution in [-0.4, -0.2) is 24.5 Å². The zero-order chi connectivity index (χ0) is 10.0. The summed E-state index contributed by atoms with van der Waals surface area (Å²) in [5, 5.41) is 8.75. The number of nitrogens with zero attached hydrogens (tertiary/aromatic N) is 2. The lowest BCUT2D eigenvalue weighted by atomic mass is 10.0. The van der Waals surface area contributed by atoms with Crippen molar-refractivity contribution in [2.24, 2.45) is 11.3 Å². The molecule has 0 bridgehead atoms. The van der Waals surface area contributed by atoms with Gasteiger partial charge in [0.1, 0.15) is 0 Å². The van der Waals surface area contributed by atoms with Gasteiger partial charge in [-0.05, 0) is 43.6 Å². The summed E-state index contributed by atoms with van der Waals surface area (Å²) in [6, 6.07) is 2.34. The summed E-state index contributed by atoms with van der Waals surface area (Å²) in [7, 11) is 0. The van der Waals surface area contributed by atoms with E-state index in [1.54, 1.807) is 0 Å². The molecule has 0 aromatic heterocycles. The molecule has 2 aliphatic rings. The first-order valence-corrected chi connectivity index (χ1v) is 5.87. The maximum atomic E-state index is 8.75. The van der Waals surface area contributed by atoms with E-state index in [2.05, 4.69) is 17.9 Å². The Kier molecular flexibility index (Phi) is 2.78. The monoisotopic (exact) mass is 192 g/mol. The zero-order valence-corrected chi connectivity index (χ0v) is 9.13. The molecule has 0 radical (unpaired) electrons. The van der Waals surface area contributed by atoms with Gasteiger partial charge in [-0.3, -0.25) is 0 Å². The van der Waals surface area contributed by atoms with Gasteiger partial charge >= 0.3 is 0 Å². The fraction of sp³-hybridized carbons (Fsp3) is 0.917. The second-order valence-electron chi connectivity index (χ2n) is 5.11. The van der Waals surface area contributed by atoms with E-state index in [-0.39, 0.29) is 0 Å². The molecule has 0 heterocycles. The minimum atomic E-state index is 0.402. The van der Waals surface area contributed by atoms with E-state index in [1.807, 2.05) is 0 Å². The van der Waals surface area contributed by atoms with Crippen molar-refractivity contribution in [2.45, 2.75) is 39.0 Å². The fourth-order valence-electron chi connectivity index (χ4n) is 2.18. The molecule has 0 spiro atoms. The van der Waals surface area contributed by atoms with E-state index < -0.39 is 0 Å². The predicted octanol–water partition coefficient (Wildman–Crippen LogP) is 2.41. The van der Waals surface area contributed by atoms with Crippen LogP contribution >= 0.6 is 0 Å². The molecule has 0 aliphatic heterocycles. The zero-order valence-electron chi connectivity index (χ0n) is 9.13. The Labute approximate surface area is 86.9 Å². The van der Waals surface area contributed by atoms with Crippen LogP contribution in [0.15, 0.2) is 0 Å². The molecule has 0 N–H and O–H groups in total. The molecule has 2 saturated carbocycles. The van der Waals surface area contributed by atoms with Crippen molar-refractivity contribution in [3.8, 4) is 6.07 Å². The predicted molar refractivity (Wildman–Crippen MR) is 56.7 cm³/mol. The van der Waals surface area contributed by atoms with Gasteiger partial charge in [0.05, 0.1) is 6.07 Å². The highest BCUT2D eigenvalue weighted by Crippen LogP contribution is 2.49. The quantitative estimate of drug-likeness (QED) is 0.646. The lowest BCUT2D eigenvalue weighted by Crippen LogP contribution is -2.32. The fourth-order valence-corrected chi connectivity index (χ4v) is 2.18. The van der Waals surface area contributed by atoms with E-state index in [1.165, 1.54) is 38.8 Å². The third-order valence-corrected chi connectivity index (χ3v) is 3.63. The molecule has 0 amide bonds. The van der Waals surface area contributed by atoms with Crippen molar-refractivity contribution in [2.75, 3.05) is 19.6 Å². The lowest BCUT2D eigenvalue weighted by Gasteiger charge is -2.24. The average Bonchev–Trinajstić information content (AvgIpc) is 3.03. The molecule has 2 nitrogen and oxygen atoms in total. The summed E-state index contributed by atoms with van der Waals surface area (Å²) in [5.41, 5.74) is 0.402. The maximum Gasteiger partial charge on any atom is 0.0628 e. The summed E-state index contributed by atoms with van der Waals surface area (Å²) in [6.45, 7) is 5.85. The van der Waals surface area contributed by atoms with Crippen molar-refractivity contribution < 1.29 is 0 Å². The van der Waals surface area contributed by atoms with Gasteiger partial charge in [-0.2, -0.15) is 5.26 Å². The Bertz CT molecular complexity index is 233. The molecular formula is C12H20N2. The van der Waals surface area contributed by atoms with E-state index in [4.69, 9.17) is 5.26 Å². The molecule has 0 saturated heterocycles. The molecular weight excluding hydrogens is 172 g/mol. The number of rotatable bonds is 6. The molecule has 0 atom stereocenters. The first-order chi connectivity index (χ1) is 6.78. The Morgan fingerprint density at radius 1 is 1.43 bits per heavy atom. The largest absolute Gasteiger partial charge is 0.303 e. The highest BCUT2D eigenvalue weighted by molar-refractivity contribution is 5.01. The van der Waals surface area contributed by atoms with Crippen LogP contribution < -0.4 is 0 Å². The SMILES string of the molecule is CCN(CC1CC1)CC1(CC#N)CC1. The van der Waals surface area contributed by atoms with Crippen LogP contribution in [0, 0.1) is 22.7 Å². The minimum Gasteiger partial charge on any atom is -0.303 e. The first kappa shape index (κ1) is 9.98. The smallest absolute Gasteiger partial charge is 0.0628 e. The summed E-state index contributed by atoms with van der Waals surface area (Å²) in [4.78, 5) is 2.56. The van der Waals surface area contributed by atoms with Gasteiger partial charge in [-0.1, -0.05) is 6.92 Å². The minimum absolute atomic E-state index is 0.402. The van der Waals surface area contributed by atoms with E-state index in [9.17, 15) is 0 Å². The number of nitriles is 1. The van der Waals surface area contributed by atoms with Gasteiger partial charge in [0.2, 0.25) is 0 Å². The Morgan fingerprint density at radius 3 is 2.57 bits per heavy atom. The van der Waals surface area contributed by atoms with Gasteiger partial charge in [0.25, 0.3) is 0 Å². The summed E-state index contributed by atoms with van der Waals surface area (Å²) in [6.07, 6.45) is 6.20. The van der Waals surface area contributed by atoms with Crippen LogP contribution in [0.5, 0.6) is 0 Å². The average molecular weight is 192 g/mol. The van der Waals surface area contributed by atoms with Crippen molar-refractivity contribution in [1.29, 1.82) is 5.26 Å². The molecule has 78 valence electrons. The third kappa shape index (κ3) is 2.48. The van der Waals surface area contributed by atoms with Crippen LogP contribution in [-0.2, 0) is 0 Å². The topological polar surface area (TPSA) is 27.0 Å². The van der Waals surface area contributed by atoms with Gasteiger partial charge < -0.3 is 4.90 Å². The highest BCUT2D eigenvalue weighted by atomic mass is 15.1. The standard InChI is InChI=1S/C12H20N2/c1-2-14(9-11-3-4-11)10-12(5-6-12)7-8-13/h11H,2-7,9-10H2,1H3. The van der Waals surface area contributed by atoms with E-state index >= 15 is 0 Å². The van der Waals surface area contributed by atoms with Crippen molar-refractivity contribution in [3.05, 3.63) is 0 Å². The molecule has 14 heavy (non-hydrogen) atoms. The number of hydrogen-bond donors (Lipinski definition) is 0. The molecule has 2 rings (SSSR count). The van der Waals surface area contributed by atoms with Crippen molar-refractivity contribution in [1.82, 2.24) is 4.90 Å². The van der Waals surface area contributed by atoms with Gasteiger partial charge in [0, 0.05) is 19.5 Å². The highest BCUT2D eigenvalue weighted by Gasteiger charge is 2.43. The van der Waals surface area contributed by atoms with Gasteiger partial charge in [-0.15, -0.1) is 0 Å². The van der Waals surface area contributed by atoms with Crippen LogP contribution in [0.3, 0.4) is 0 Å². The van der Waals surface area contributed by atoms with Crippen LogP contribution in [0.2, 0.25) is 0 Å². The Balaban J connectivity index is 1.78. The van der Waals surface area contributed by atoms with Crippen LogP contribution in [0.4, 0.5) is 0 Å². The maximum absolute atomic E-state index is 8.75. The van der Waals surface area contributed by atoms with Gasteiger partial charge in [0.15, 0.2) is 0 Å². The molecule has 0 aromatic rings. The van der Waals surface area contributed by atoms with Crippen LogP contribution in [0.1, 0.15) is 39.0 Å². The number of hydrogen-bond acceptors (Lipinski definition) is 2. The summed E-state index contributed by atoms with van der Waals surface area (Å²) >= 11 is 0. The lowest BCUT2D eigenvalue weighted by molar-refractivity contribution is 0.222. The third-order valence-electron chi connectivity index (χ3n) is 3.63. The van der Waals surface area contributed by atoms with E-state index in [0.717, 1.165) is 18.9 Å². The normalized spacial score (nSPS) is 23.5. The Morgan fingerprint density at radius 2 is 2.14 bits per heavy atom. The first-order valence-electron chi connectivity index (χ1n) is 5.87. The summed E-state index contributed by atoms with van der Waals surface area (Å²) < 4.78 is 0. The Hall–Kier alpha value is -0.550. The van der Waals surface area contributed by atoms with Crippen molar-refractivity contribution in [3.63, 3.8) is 0 Å². The molecule has 2 aliphatic carbocycles. The van der Waals surface area contributed by atoms with Gasteiger partial charge in [-0.25, -0.2) is 0 Å². The van der Waals surface area contributed by atoms with E-state index in [0.29, 0.717) is 5.41 Å². The summed E-state index contributed by atoms with van der Waals surface area (Å²) in [5.74, 6) is 0.979. The second-order valence-corrected chi connectivity index (χ2v) is 5.11.